The Hall–Kier alpha value is -3.97. The molecular formula is C35H44FN7O2. The van der Waals surface area contributed by atoms with E-state index >= 15 is 0 Å². The predicted octanol–water partition coefficient (Wildman–Crippen LogP) is 5.04. The number of nitrogens with zero attached hydrogens (tertiary/aromatic N) is 7. The lowest BCUT2D eigenvalue weighted by Crippen LogP contribution is -2.55. The van der Waals surface area contributed by atoms with E-state index in [2.05, 4.69) is 77.9 Å². The van der Waals surface area contributed by atoms with Crippen LogP contribution in [0.4, 0.5) is 15.9 Å². The monoisotopic (exact) mass is 613 g/mol. The minimum absolute atomic E-state index is 0.0856. The number of anilines is 2. The minimum Gasteiger partial charge on any atom is -0.462 e. The number of hydrogen-bond donors (Lipinski definition) is 0. The molecule has 3 aliphatic heterocycles. The van der Waals surface area contributed by atoms with Crippen molar-refractivity contribution in [1.29, 1.82) is 5.26 Å². The van der Waals surface area contributed by atoms with E-state index in [1.165, 1.54) is 22.0 Å². The van der Waals surface area contributed by atoms with Crippen LogP contribution in [0.25, 0.3) is 10.8 Å². The van der Waals surface area contributed by atoms with Crippen LogP contribution in [-0.4, -0.2) is 89.8 Å². The van der Waals surface area contributed by atoms with Gasteiger partial charge in [-0.25, -0.2) is 0 Å². The lowest BCUT2D eigenvalue weighted by atomic mass is 9.99. The highest BCUT2D eigenvalue weighted by Gasteiger charge is 2.35. The number of benzene rings is 2. The van der Waals surface area contributed by atoms with Crippen molar-refractivity contribution in [3.05, 3.63) is 53.2 Å². The molecule has 4 heterocycles. The summed E-state index contributed by atoms with van der Waals surface area (Å²) in [6.45, 7) is 10.7. The van der Waals surface area contributed by atoms with Crippen LogP contribution in [0.1, 0.15) is 56.4 Å². The van der Waals surface area contributed by atoms with Gasteiger partial charge >= 0.3 is 6.01 Å². The average Bonchev–Trinajstić information content (AvgIpc) is 3.02. The number of hydrogen-bond acceptors (Lipinski definition) is 8. The number of carbonyl (C=O) groups excluding carboxylic acids is 1. The number of piperazine rings is 1. The SMILES string of the molecule is Cc1cccc2cccc(N3CCc4c(nc(OCC5CCN5C(C)C)nc4N4CCN(C(=O)CCCF)[C@@H](CC#N)C4)C3)c12. The van der Waals surface area contributed by atoms with Crippen LogP contribution in [-0.2, 0) is 17.8 Å². The number of halogens is 1. The van der Waals surface area contributed by atoms with Gasteiger partial charge in [0, 0.05) is 67.9 Å². The van der Waals surface area contributed by atoms with Crippen LogP contribution >= 0.6 is 0 Å². The van der Waals surface area contributed by atoms with Crippen LogP contribution in [0.3, 0.4) is 0 Å². The Labute approximate surface area is 265 Å². The molecule has 238 valence electrons. The third-order valence-electron chi connectivity index (χ3n) is 9.67. The summed E-state index contributed by atoms with van der Waals surface area (Å²) in [5.41, 5.74) is 4.52. The van der Waals surface area contributed by atoms with Gasteiger partial charge in [-0.2, -0.15) is 15.2 Å². The Kier molecular flexibility index (Phi) is 9.36. The zero-order chi connectivity index (χ0) is 31.5. The van der Waals surface area contributed by atoms with E-state index in [0.717, 1.165) is 43.0 Å². The van der Waals surface area contributed by atoms with Gasteiger partial charge in [0.1, 0.15) is 12.4 Å². The van der Waals surface area contributed by atoms with Gasteiger partial charge in [0.25, 0.3) is 0 Å². The number of fused-ring (bicyclic) bond motifs is 2. The second kappa shape index (κ2) is 13.6. The molecule has 2 fully saturated rings. The molecule has 0 radical (unpaired) electrons. The Balaban J connectivity index is 1.31. The van der Waals surface area contributed by atoms with Crippen molar-refractivity contribution in [2.75, 3.05) is 55.8 Å². The summed E-state index contributed by atoms with van der Waals surface area (Å²) in [7, 11) is 0. The van der Waals surface area contributed by atoms with Gasteiger partial charge < -0.3 is 19.4 Å². The summed E-state index contributed by atoms with van der Waals surface area (Å²) in [6, 6.07) is 16.1. The van der Waals surface area contributed by atoms with Crippen molar-refractivity contribution in [3.63, 3.8) is 0 Å². The molecule has 0 bridgehead atoms. The number of ether oxygens (including phenoxy) is 1. The highest BCUT2D eigenvalue weighted by Crippen LogP contribution is 2.36. The number of nitriles is 1. The zero-order valence-corrected chi connectivity index (χ0v) is 26.7. The fourth-order valence-electron chi connectivity index (χ4n) is 7.20. The molecule has 1 unspecified atom stereocenters. The molecule has 3 aliphatic rings. The van der Waals surface area contributed by atoms with Crippen molar-refractivity contribution in [1.82, 2.24) is 19.8 Å². The van der Waals surface area contributed by atoms with E-state index in [9.17, 15) is 14.4 Å². The van der Waals surface area contributed by atoms with E-state index in [-0.39, 0.29) is 31.2 Å². The Bertz CT molecular complexity index is 1570. The first kappa shape index (κ1) is 31.0. The molecule has 0 aliphatic carbocycles. The van der Waals surface area contributed by atoms with Crippen molar-refractivity contribution in [2.45, 2.75) is 77.5 Å². The van der Waals surface area contributed by atoms with Crippen LogP contribution < -0.4 is 14.5 Å². The molecule has 45 heavy (non-hydrogen) atoms. The highest BCUT2D eigenvalue weighted by molar-refractivity contribution is 5.97. The quantitative estimate of drug-likeness (QED) is 0.314. The van der Waals surface area contributed by atoms with Crippen molar-refractivity contribution in [2.24, 2.45) is 0 Å². The van der Waals surface area contributed by atoms with Gasteiger partial charge in [-0.1, -0.05) is 30.3 Å². The largest absolute Gasteiger partial charge is 0.462 e. The molecule has 0 N–H and O–H groups in total. The molecule has 6 rings (SSSR count). The van der Waals surface area contributed by atoms with E-state index < -0.39 is 6.67 Å². The van der Waals surface area contributed by atoms with Gasteiger partial charge in [0.15, 0.2) is 0 Å². The van der Waals surface area contributed by atoms with E-state index in [1.54, 1.807) is 4.90 Å². The van der Waals surface area contributed by atoms with Gasteiger partial charge in [-0.15, -0.1) is 0 Å². The fourth-order valence-corrected chi connectivity index (χ4v) is 7.20. The molecule has 2 aromatic carbocycles. The number of aryl methyl sites for hydroxylation is 1. The molecule has 2 atom stereocenters. The van der Waals surface area contributed by atoms with E-state index in [4.69, 9.17) is 14.7 Å². The number of aromatic nitrogens is 2. The summed E-state index contributed by atoms with van der Waals surface area (Å²) < 4.78 is 19.2. The van der Waals surface area contributed by atoms with Gasteiger partial charge in [-0.3, -0.25) is 14.1 Å². The van der Waals surface area contributed by atoms with Crippen LogP contribution in [0.15, 0.2) is 36.4 Å². The summed E-state index contributed by atoms with van der Waals surface area (Å²) in [5.74, 6) is 0.759. The number of carbonyl (C=O) groups is 1. The molecule has 0 saturated carbocycles. The van der Waals surface area contributed by atoms with Crippen LogP contribution in [0.2, 0.25) is 0 Å². The van der Waals surface area contributed by atoms with Crippen molar-refractivity contribution >= 4 is 28.2 Å². The number of likely N-dealkylation sites (tertiary alicyclic amines) is 1. The van der Waals surface area contributed by atoms with E-state index in [1.807, 2.05) is 0 Å². The third-order valence-corrected chi connectivity index (χ3v) is 9.67. The van der Waals surface area contributed by atoms with Gasteiger partial charge in [0.05, 0.1) is 37.4 Å². The first-order valence-electron chi connectivity index (χ1n) is 16.4. The van der Waals surface area contributed by atoms with E-state index in [0.29, 0.717) is 50.9 Å². The van der Waals surface area contributed by atoms with Gasteiger partial charge in [0.2, 0.25) is 5.91 Å². The number of alkyl halides is 1. The molecule has 0 spiro atoms. The minimum atomic E-state index is -0.518. The lowest BCUT2D eigenvalue weighted by molar-refractivity contribution is -0.134. The fraction of sp³-hybridized carbons (Fsp3) is 0.543. The maximum atomic E-state index is 12.9. The normalized spacial score (nSPS) is 20.2. The molecule has 9 nitrogen and oxygen atoms in total. The number of amides is 1. The van der Waals surface area contributed by atoms with Crippen molar-refractivity contribution < 1.29 is 13.9 Å². The van der Waals surface area contributed by atoms with Crippen LogP contribution in [0, 0.1) is 18.3 Å². The standard InChI is InChI=1S/C35H44FN7O2/c1-24(2)42-18-13-28(42)23-45-35-38-30-22-40(31-10-5-9-26-8-4-7-25(3)33(26)31)17-14-29(30)34(39-35)41-19-20-43(27(21-41)12-16-37)32(44)11-6-15-36/h4-5,7-10,24,27-28H,6,11-15,17-23H2,1-3H3/t27-,28?/m0/s1. The second-order valence-electron chi connectivity index (χ2n) is 12.8. The summed E-state index contributed by atoms with van der Waals surface area (Å²) in [4.78, 5) is 31.7. The van der Waals surface area contributed by atoms with Crippen LogP contribution in [0.5, 0.6) is 6.01 Å². The summed E-state index contributed by atoms with van der Waals surface area (Å²) in [5, 5.41) is 12.1. The molecular weight excluding hydrogens is 569 g/mol. The first-order chi connectivity index (χ1) is 21.9. The Morgan fingerprint density at radius 1 is 1.09 bits per heavy atom. The number of rotatable bonds is 10. The third kappa shape index (κ3) is 6.41. The highest BCUT2D eigenvalue weighted by atomic mass is 19.1. The molecule has 3 aromatic rings. The zero-order valence-electron chi connectivity index (χ0n) is 26.7. The average molecular weight is 614 g/mol. The second-order valence-corrected chi connectivity index (χ2v) is 12.8. The lowest BCUT2D eigenvalue weighted by Gasteiger charge is -2.43. The molecule has 1 amide bonds. The topological polar surface area (TPSA) is 88.8 Å². The maximum absolute atomic E-state index is 12.9. The molecule has 1 aromatic heterocycles. The smallest absolute Gasteiger partial charge is 0.318 e. The van der Waals surface area contributed by atoms with Gasteiger partial charge in [-0.05, 0) is 57.0 Å². The maximum Gasteiger partial charge on any atom is 0.318 e. The Morgan fingerprint density at radius 2 is 1.91 bits per heavy atom. The van der Waals surface area contributed by atoms with Crippen molar-refractivity contribution in [3.8, 4) is 12.1 Å². The summed E-state index contributed by atoms with van der Waals surface area (Å²) in [6.07, 6.45) is 2.46. The predicted molar refractivity (Wildman–Crippen MR) is 174 cm³/mol. The summed E-state index contributed by atoms with van der Waals surface area (Å²) >= 11 is 0. The molecule has 10 heteroatoms. The first-order valence-corrected chi connectivity index (χ1v) is 16.4. The molecule has 2 saturated heterocycles. The Morgan fingerprint density at radius 3 is 2.64 bits per heavy atom.